The standard InChI is InChI=1S/C23H30N2O4/c1-15-16(2)22(29-5)7-6-17(15)13-25-9-8-19(14-25)24-23(26)18-10-20(27-3)12-21(11-18)28-4/h6-7,10-12,19H,8-9,13-14H2,1-5H3,(H,24,26). The lowest BCUT2D eigenvalue weighted by molar-refractivity contribution is 0.0937. The Labute approximate surface area is 172 Å². The van der Waals surface area contributed by atoms with Crippen molar-refractivity contribution in [2.24, 2.45) is 0 Å². The van der Waals surface area contributed by atoms with Crippen LogP contribution in [0.4, 0.5) is 0 Å². The second-order valence-electron chi connectivity index (χ2n) is 7.47. The Morgan fingerprint density at radius 3 is 2.34 bits per heavy atom. The molecule has 1 aliphatic rings. The molecule has 2 aromatic rings. The first kappa shape index (κ1) is 21.0. The van der Waals surface area contributed by atoms with Crippen LogP contribution >= 0.6 is 0 Å². The highest BCUT2D eigenvalue weighted by atomic mass is 16.5. The Morgan fingerprint density at radius 1 is 1.03 bits per heavy atom. The molecule has 156 valence electrons. The Bertz CT molecular complexity index is 859. The predicted molar refractivity (Wildman–Crippen MR) is 113 cm³/mol. The number of carbonyl (C=O) groups excluding carboxylic acids is 1. The molecule has 1 fully saturated rings. The Morgan fingerprint density at radius 2 is 1.72 bits per heavy atom. The van der Waals surface area contributed by atoms with Gasteiger partial charge in [0.2, 0.25) is 0 Å². The molecule has 3 rings (SSSR count). The van der Waals surface area contributed by atoms with Crippen molar-refractivity contribution < 1.29 is 19.0 Å². The summed E-state index contributed by atoms with van der Waals surface area (Å²) < 4.78 is 15.9. The van der Waals surface area contributed by atoms with E-state index in [1.807, 2.05) is 6.07 Å². The van der Waals surface area contributed by atoms with Crippen molar-refractivity contribution in [1.29, 1.82) is 0 Å². The van der Waals surface area contributed by atoms with Crippen molar-refractivity contribution in [2.45, 2.75) is 32.9 Å². The van der Waals surface area contributed by atoms with Crippen LogP contribution in [-0.4, -0.2) is 51.3 Å². The molecule has 1 amide bonds. The third-order valence-corrected chi connectivity index (χ3v) is 5.68. The van der Waals surface area contributed by atoms with Crippen LogP contribution < -0.4 is 19.5 Å². The average Bonchev–Trinajstić information content (AvgIpc) is 3.17. The third kappa shape index (κ3) is 4.82. The van der Waals surface area contributed by atoms with Crippen LogP contribution in [0.3, 0.4) is 0 Å². The molecule has 6 heteroatoms. The SMILES string of the molecule is COc1cc(OC)cc(C(=O)NC2CCN(Cc3ccc(OC)c(C)c3C)C2)c1. The van der Waals surface area contributed by atoms with Crippen molar-refractivity contribution in [3.05, 3.63) is 52.6 Å². The summed E-state index contributed by atoms with van der Waals surface area (Å²) in [7, 11) is 4.86. The van der Waals surface area contributed by atoms with Gasteiger partial charge in [-0.05, 0) is 55.2 Å². The van der Waals surface area contributed by atoms with E-state index in [2.05, 4.69) is 30.1 Å². The molecule has 1 atom stereocenters. The number of methoxy groups -OCH3 is 3. The molecule has 0 aromatic heterocycles. The van der Waals surface area contributed by atoms with Gasteiger partial charge in [0.25, 0.3) is 5.91 Å². The van der Waals surface area contributed by atoms with Gasteiger partial charge in [0.05, 0.1) is 21.3 Å². The number of benzene rings is 2. The summed E-state index contributed by atoms with van der Waals surface area (Å²) in [5.41, 5.74) is 4.29. The van der Waals surface area contributed by atoms with Gasteiger partial charge in [0.1, 0.15) is 17.2 Å². The van der Waals surface area contributed by atoms with E-state index in [0.717, 1.165) is 31.8 Å². The first-order valence-corrected chi connectivity index (χ1v) is 9.84. The van der Waals surface area contributed by atoms with Gasteiger partial charge in [-0.25, -0.2) is 0 Å². The van der Waals surface area contributed by atoms with Gasteiger partial charge < -0.3 is 19.5 Å². The summed E-state index contributed by atoms with van der Waals surface area (Å²) in [5, 5.41) is 3.15. The van der Waals surface area contributed by atoms with Gasteiger partial charge in [-0.15, -0.1) is 0 Å². The topological polar surface area (TPSA) is 60.0 Å². The smallest absolute Gasteiger partial charge is 0.251 e. The van der Waals surface area contributed by atoms with Gasteiger partial charge >= 0.3 is 0 Å². The molecule has 29 heavy (non-hydrogen) atoms. The van der Waals surface area contributed by atoms with Crippen molar-refractivity contribution >= 4 is 5.91 Å². The fraction of sp³-hybridized carbons (Fsp3) is 0.435. The normalized spacial score (nSPS) is 16.5. The molecule has 0 saturated carbocycles. The molecule has 0 aliphatic carbocycles. The van der Waals surface area contributed by atoms with Gasteiger partial charge in [-0.3, -0.25) is 9.69 Å². The number of amides is 1. The molecule has 1 aliphatic heterocycles. The molecule has 2 aromatic carbocycles. The highest BCUT2D eigenvalue weighted by molar-refractivity contribution is 5.95. The van der Waals surface area contributed by atoms with E-state index in [1.165, 1.54) is 16.7 Å². The zero-order chi connectivity index (χ0) is 21.0. The summed E-state index contributed by atoms with van der Waals surface area (Å²) in [4.78, 5) is 15.1. The molecular weight excluding hydrogens is 368 g/mol. The number of ether oxygens (including phenoxy) is 3. The third-order valence-electron chi connectivity index (χ3n) is 5.68. The molecule has 1 N–H and O–H groups in total. The molecule has 1 unspecified atom stereocenters. The molecular formula is C23H30N2O4. The van der Waals surface area contributed by atoms with E-state index in [-0.39, 0.29) is 11.9 Å². The van der Waals surface area contributed by atoms with E-state index in [1.54, 1.807) is 39.5 Å². The Kier molecular flexibility index (Phi) is 6.64. The monoisotopic (exact) mass is 398 g/mol. The summed E-state index contributed by atoms with van der Waals surface area (Å²) in [5.74, 6) is 2.03. The van der Waals surface area contributed by atoms with Gasteiger partial charge in [-0.2, -0.15) is 0 Å². The molecule has 0 radical (unpaired) electrons. The zero-order valence-electron chi connectivity index (χ0n) is 17.9. The van der Waals surface area contributed by atoms with E-state index in [0.29, 0.717) is 17.1 Å². The van der Waals surface area contributed by atoms with E-state index in [4.69, 9.17) is 14.2 Å². The highest BCUT2D eigenvalue weighted by Crippen LogP contribution is 2.26. The van der Waals surface area contributed by atoms with Crippen LogP contribution in [0.2, 0.25) is 0 Å². The highest BCUT2D eigenvalue weighted by Gasteiger charge is 2.25. The van der Waals surface area contributed by atoms with Gasteiger partial charge in [-0.1, -0.05) is 6.07 Å². The van der Waals surface area contributed by atoms with E-state index >= 15 is 0 Å². The second-order valence-corrected chi connectivity index (χ2v) is 7.47. The van der Waals surface area contributed by atoms with Crippen molar-refractivity contribution in [3.63, 3.8) is 0 Å². The molecule has 0 spiro atoms. The van der Waals surface area contributed by atoms with Crippen molar-refractivity contribution in [1.82, 2.24) is 10.2 Å². The largest absolute Gasteiger partial charge is 0.497 e. The number of likely N-dealkylation sites (tertiary alicyclic amines) is 1. The number of nitrogens with zero attached hydrogens (tertiary/aromatic N) is 1. The van der Waals surface area contributed by atoms with Crippen LogP contribution in [-0.2, 0) is 6.54 Å². The number of hydrogen-bond donors (Lipinski definition) is 1. The lowest BCUT2D eigenvalue weighted by atomic mass is 10.0. The summed E-state index contributed by atoms with van der Waals surface area (Å²) in [6.45, 7) is 6.88. The fourth-order valence-electron chi connectivity index (χ4n) is 3.79. The summed E-state index contributed by atoms with van der Waals surface area (Å²) >= 11 is 0. The van der Waals surface area contributed by atoms with Gasteiger partial charge in [0, 0.05) is 37.3 Å². The number of carbonyl (C=O) groups is 1. The van der Waals surface area contributed by atoms with Crippen molar-refractivity contribution in [3.8, 4) is 17.2 Å². The van der Waals surface area contributed by atoms with Crippen LogP contribution in [0.1, 0.15) is 33.5 Å². The summed E-state index contributed by atoms with van der Waals surface area (Å²) in [6, 6.07) is 9.51. The fourth-order valence-corrected chi connectivity index (χ4v) is 3.79. The minimum Gasteiger partial charge on any atom is -0.497 e. The maximum absolute atomic E-state index is 12.7. The van der Waals surface area contributed by atoms with E-state index in [9.17, 15) is 4.79 Å². The van der Waals surface area contributed by atoms with Crippen molar-refractivity contribution in [2.75, 3.05) is 34.4 Å². The van der Waals surface area contributed by atoms with Crippen LogP contribution in [0.5, 0.6) is 17.2 Å². The van der Waals surface area contributed by atoms with Crippen LogP contribution in [0, 0.1) is 13.8 Å². The average molecular weight is 399 g/mol. The Balaban J connectivity index is 1.62. The second kappa shape index (κ2) is 9.18. The maximum Gasteiger partial charge on any atom is 0.251 e. The lowest BCUT2D eigenvalue weighted by Crippen LogP contribution is -2.37. The Hall–Kier alpha value is -2.73. The number of hydrogen-bond acceptors (Lipinski definition) is 5. The van der Waals surface area contributed by atoms with Gasteiger partial charge in [0.15, 0.2) is 0 Å². The minimum atomic E-state index is -0.106. The first-order valence-electron chi connectivity index (χ1n) is 9.84. The molecule has 1 saturated heterocycles. The number of nitrogens with one attached hydrogen (secondary N) is 1. The quantitative estimate of drug-likeness (QED) is 0.775. The predicted octanol–water partition coefficient (Wildman–Crippen LogP) is 3.33. The molecule has 0 bridgehead atoms. The minimum absolute atomic E-state index is 0.106. The lowest BCUT2D eigenvalue weighted by Gasteiger charge is -2.20. The van der Waals surface area contributed by atoms with E-state index < -0.39 is 0 Å². The summed E-state index contributed by atoms with van der Waals surface area (Å²) in [6.07, 6.45) is 0.932. The maximum atomic E-state index is 12.7. The zero-order valence-corrected chi connectivity index (χ0v) is 17.9. The molecule has 1 heterocycles. The van der Waals surface area contributed by atoms with Crippen LogP contribution in [0.25, 0.3) is 0 Å². The molecule has 6 nitrogen and oxygen atoms in total. The number of rotatable bonds is 7. The first-order chi connectivity index (χ1) is 13.9. The van der Waals surface area contributed by atoms with Crippen LogP contribution in [0.15, 0.2) is 30.3 Å².